The number of ether oxygens (including phenoxy) is 2. The number of aryl methyl sites for hydroxylation is 2. The summed E-state index contributed by atoms with van der Waals surface area (Å²) in [4.78, 5) is 0.600. The third kappa shape index (κ3) is 5.12. The van der Waals surface area contributed by atoms with Crippen LogP contribution in [0.15, 0.2) is 76.5 Å². The molecule has 0 aliphatic carbocycles. The second-order valence-corrected chi connectivity index (χ2v) is 9.61. The Kier molecular flexibility index (Phi) is 7.72. The van der Waals surface area contributed by atoms with Gasteiger partial charge in [0.1, 0.15) is 34.8 Å². The smallest absolute Gasteiger partial charge is 0.190 e. The Morgan fingerprint density at radius 1 is 0.750 bits per heavy atom. The summed E-state index contributed by atoms with van der Waals surface area (Å²) in [5.74, 6) is -0.347. The van der Waals surface area contributed by atoms with Gasteiger partial charge >= 0.3 is 0 Å². The molecule has 0 aromatic heterocycles. The zero-order chi connectivity index (χ0) is 25.8. The highest BCUT2D eigenvalue weighted by Crippen LogP contribution is 2.50. The van der Waals surface area contributed by atoms with Gasteiger partial charge in [-0.1, -0.05) is 65.3 Å². The van der Waals surface area contributed by atoms with E-state index in [2.05, 4.69) is 0 Å². The molecular formula is C28H17Cl2FN2O2S. The zero-order valence-corrected chi connectivity index (χ0v) is 21.4. The summed E-state index contributed by atoms with van der Waals surface area (Å²) in [6, 6.07) is 22.7. The minimum atomic E-state index is -0.898. The minimum Gasteiger partial charge on any atom is -0.451 e. The van der Waals surface area contributed by atoms with Gasteiger partial charge in [0.25, 0.3) is 0 Å². The average molecular weight is 535 g/mol. The molecule has 178 valence electrons. The lowest BCUT2D eigenvalue weighted by Crippen LogP contribution is -2.04. The minimum absolute atomic E-state index is 0.0333. The lowest BCUT2D eigenvalue weighted by atomic mass is 10.1. The first-order valence-electron chi connectivity index (χ1n) is 10.6. The van der Waals surface area contributed by atoms with Crippen LogP contribution in [0.25, 0.3) is 0 Å². The van der Waals surface area contributed by atoms with E-state index in [1.54, 1.807) is 48.5 Å². The van der Waals surface area contributed by atoms with Gasteiger partial charge < -0.3 is 9.47 Å². The predicted molar refractivity (Wildman–Crippen MR) is 139 cm³/mol. The van der Waals surface area contributed by atoms with Crippen LogP contribution in [0.3, 0.4) is 0 Å². The van der Waals surface area contributed by atoms with E-state index in [4.69, 9.17) is 32.7 Å². The number of nitriles is 2. The molecular weight excluding hydrogens is 518 g/mol. The summed E-state index contributed by atoms with van der Waals surface area (Å²) in [6.07, 6.45) is 0. The number of hydrogen-bond acceptors (Lipinski definition) is 5. The molecule has 0 spiro atoms. The van der Waals surface area contributed by atoms with Crippen molar-refractivity contribution in [2.45, 2.75) is 23.6 Å². The van der Waals surface area contributed by atoms with Crippen LogP contribution in [-0.2, 0) is 0 Å². The maximum atomic E-state index is 15.8. The first-order chi connectivity index (χ1) is 17.3. The molecule has 0 unspecified atom stereocenters. The summed E-state index contributed by atoms with van der Waals surface area (Å²) >= 11 is 13.4. The molecule has 0 N–H and O–H groups in total. The number of hydrogen-bond donors (Lipinski definition) is 0. The quantitative estimate of drug-likeness (QED) is 0.246. The van der Waals surface area contributed by atoms with Gasteiger partial charge in [0, 0.05) is 9.92 Å². The van der Waals surface area contributed by atoms with Crippen LogP contribution in [0.1, 0.15) is 22.3 Å². The second-order valence-electron chi connectivity index (χ2n) is 7.69. The maximum Gasteiger partial charge on any atom is 0.190 e. The van der Waals surface area contributed by atoms with E-state index in [0.717, 1.165) is 22.9 Å². The monoisotopic (exact) mass is 534 g/mol. The molecule has 8 heteroatoms. The first-order valence-corrected chi connectivity index (χ1v) is 12.2. The van der Waals surface area contributed by atoms with Gasteiger partial charge in [0.15, 0.2) is 17.3 Å². The van der Waals surface area contributed by atoms with Gasteiger partial charge in [-0.3, -0.25) is 0 Å². The number of halogens is 3. The molecule has 0 atom stereocenters. The zero-order valence-electron chi connectivity index (χ0n) is 19.1. The van der Waals surface area contributed by atoms with Crippen LogP contribution in [-0.4, -0.2) is 0 Å². The van der Waals surface area contributed by atoms with Crippen LogP contribution >= 0.6 is 35.0 Å². The maximum absolute atomic E-state index is 15.8. The third-order valence-corrected chi connectivity index (χ3v) is 6.87. The molecule has 0 saturated heterocycles. The van der Waals surface area contributed by atoms with E-state index in [9.17, 15) is 10.5 Å². The summed E-state index contributed by atoms with van der Waals surface area (Å²) in [5.41, 5.74) is 0.858. The van der Waals surface area contributed by atoms with Crippen LogP contribution < -0.4 is 9.47 Å². The fourth-order valence-electron chi connectivity index (χ4n) is 3.47. The summed E-state index contributed by atoms with van der Waals surface area (Å²) in [5, 5.41) is 20.6. The summed E-state index contributed by atoms with van der Waals surface area (Å²) in [7, 11) is 0. The van der Waals surface area contributed by atoms with Gasteiger partial charge in [-0.15, -0.1) is 0 Å². The van der Waals surface area contributed by atoms with Crippen molar-refractivity contribution in [2.75, 3.05) is 0 Å². The molecule has 0 aliphatic heterocycles. The predicted octanol–water partition coefficient (Wildman–Crippen LogP) is 9.23. The van der Waals surface area contributed by atoms with Crippen molar-refractivity contribution >= 4 is 35.0 Å². The molecule has 4 aromatic rings. The van der Waals surface area contributed by atoms with Crippen molar-refractivity contribution in [1.82, 2.24) is 0 Å². The molecule has 0 fully saturated rings. The molecule has 4 aromatic carbocycles. The van der Waals surface area contributed by atoms with E-state index in [1.807, 2.05) is 44.2 Å². The van der Waals surface area contributed by atoms with E-state index >= 15 is 4.39 Å². The Balaban J connectivity index is 2.02. The van der Waals surface area contributed by atoms with Crippen molar-refractivity contribution in [3.05, 3.63) is 105 Å². The van der Waals surface area contributed by atoms with E-state index in [0.29, 0.717) is 15.7 Å². The molecule has 0 saturated carbocycles. The van der Waals surface area contributed by atoms with Gasteiger partial charge in [0.2, 0.25) is 0 Å². The van der Waals surface area contributed by atoms with Crippen molar-refractivity contribution < 1.29 is 13.9 Å². The largest absolute Gasteiger partial charge is 0.451 e. The van der Waals surface area contributed by atoms with Crippen LogP contribution in [0.4, 0.5) is 4.39 Å². The van der Waals surface area contributed by atoms with Gasteiger partial charge in [-0.25, -0.2) is 4.39 Å². The van der Waals surface area contributed by atoms with E-state index in [-0.39, 0.29) is 32.7 Å². The van der Waals surface area contributed by atoms with Crippen molar-refractivity contribution in [3.63, 3.8) is 0 Å². The fraction of sp³-hybridized carbons (Fsp3) is 0.0714. The van der Waals surface area contributed by atoms with Crippen LogP contribution in [0.2, 0.25) is 10.0 Å². The van der Waals surface area contributed by atoms with Gasteiger partial charge in [-0.05, 0) is 61.4 Å². The first kappa shape index (κ1) is 25.4. The Morgan fingerprint density at radius 3 is 2.00 bits per heavy atom. The normalized spacial score (nSPS) is 10.4. The molecule has 0 amide bonds. The average Bonchev–Trinajstić information content (AvgIpc) is 2.86. The molecule has 0 radical (unpaired) electrons. The molecule has 4 nitrogen and oxygen atoms in total. The lowest BCUT2D eigenvalue weighted by Gasteiger charge is -2.21. The number of rotatable bonds is 6. The number of benzene rings is 4. The Morgan fingerprint density at radius 2 is 1.39 bits per heavy atom. The highest BCUT2D eigenvalue weighted by atomic mass is 35.5. The topological polar surface area (TPSA) is 66.0 Å². The van der Waals surface area contributed by atoms with Crippen molar-refractivity contribution in [3.8, 4) is 35.1 Å². The Labute approximate surface area is 222 Å². The number of para-hydroxylation sites is 2. The van der Waals surface area contributed by atoms with Crippen LogP contribution in [0, 0.1) is 42.3 Å². The number of nitrogens with zero attached hydrogens (tertiary/aromatic N) is 2. The second kappa shape index (κ2) is 10.9. The fourth-order valence-corrected chi connectivity index (χ4v) is 4.69. The molecule has 0 aliphatic rings. The molecule has 0 bridgehead atoms. The van der Waals surface area contributed by atoms with Crippen molar-refractivity contribution in [1.29, 1.82) is 10.5 Å². The third-order valence-electron chi connectivity index (χ3n) is 5.23. The molecule has 36 heavy (non-hydrogen) atoms. The van der Waals surface area contributed by atoms with Gasteiger partial charge in [0.05, 0.1) is 9.92 Å². The molecule has 0 heterocycles. The Hall–Kier alpha value is -3.68. The van der Waals surface area contributed by atoms with Gasteiger partial charge in [-0.2, -0.15) is 10.5 Å². The highest BCUT2D eigenvalue weighted by molar-refractivity contribution is 7.99. The van der Waals surface area contributed by atoms with Crippen LogP contribution in [0.5, 0.6) is 23.0 Å². The SMILES string of the molecule is Cc1cccc(C)c1Oc1c(C#N)c(C#N)c(F)c(Sc2ccc(Cl)cc2)c1Oc1ccccc1Cl. The summed E-state index contributed by atoms with van der Waals surface area (Å²) < 4.78 is 28.2. The highest BCUT2D eigenvalue weighted by Gasteiger charge is 2.30. The van der Waals surface area contributed by atoms with E-state index in [1.165, 1.54) is 0 Å². The van der Waals surface area contributed by atoms with Crippen molar-refractivity contribution in [2.24, 2.45) is 0 Å². The molecule has 4 rings (SSSR count). The Bertz CT molecular complexity index is 1520. The van der Waals surface area contributed by atoms with E-state index < -0.39 is 11.4 Å². The summed E-state index contributed by atoms with van der Waals surface area (Å²) in [6.45, 7) is 3.70. The lowest BCUT2D eigenvalue weighted by molar-refractivity contribution is 0.399. The standard InChI is InChI=1S/C28H17Cl2FN2O2S/c1-16-6-5-7-17(2)25(16)35-26-21(15-33)20(14-32)24(31)28(36-19-12-10-18(29)11-13-19)27(26)34-23-9-4-3-8-22(23)30/h3-13H,1-2H3.